The molecule has 0 radical (unpaired) electrons. The molecule has 3 nitrogen and oxygen atoms in total. The lowest BCUT2D eigenvalue weighted by atomic mass is 10.0. The van der Waals surface area contributed by atoms with Gasteiger partial charge in [-0.2, -0.15) is 5.10 Å². The number of rotatable bonds is 5. The Hall–Kier alpha value is -0.830. The molecule has 1 fully saturated rings. The molecule has 78 valence electrons. The first-order chi connectivity index (χ1) is 6.78. The first-order valence-electron chi connectivity index (χ1n) is 5.55. The van der Waals surface area contributed by atoms with Gasteiger partial charge in [0.1, 0.15) is 0 Å². The van der Waals surface area contributed by atoms with Crippen LogP contribution in [0.15, 0.2) is 12.4 Å². The minimum atomic E-state index is 0.331. The molecule has 3 heteroatoms. The van der Waals surface area contributed by atoms with Gasteiger partial charge in [-0.25, -0.2) is 0 Å². The van der Waals surface area contributed by atoms with Crippen LogP contribution >= 0.6 is 0 Å². The quantitative estimate of drug-likeness (QED) is 0.771. The van der Waals surface area contributed by atoms with Crippen molar-refractivity contribution >= 4 is 0 Å². The lowest BCUT2D eigenvalue weighted by Crippen LogP contribution is -2.23. The number of hydrogen-bond donors (Lipinski definition) is 1. The summed E-state index contributed by atoms with van der Waals surface area (Å²) in [6.07, 6.45) is 9.00. The van der Waals surface area contributed by atoms with Gasteiger partial charge in [0.2, 0.25) is 0 Å². The summed E-state index contributed by atoms with van der Waals surface area (Å²) in [6, 6.07) is 0.331. The summed E-state index contributed by atoms with van der Waals surface area (Å²) in [5, 5.41) is 4.24. The van der Waals surface area contributed by atoms with E-state index in [1.54, 1.807) is 0 Å². The second-order valence-electron chi connectivity index (χ2n) is 4.35. The molecule has 1 atom stereocenters. The van der Waals surface area contributed by atoms with Gasteiger partial charge in [-0.15, -0.1) is 0 Å². The fourth-order valence-corrected chi connectivity index (χ4v) is 1.85. The van der Waals surface area contributed by atoms with Gasteiger partial charge in [-0.1, -0.05) is 12.8 Å². The first kappa shape index (κ1) is 9.71. The van der Waals surface area contributed by atoms with Crippen molar-refractivity contribution in [2.75, 3.05) is 0 Å². The molecule has 1 aromatic rings. The highest BCUT2D eigenvalue weighted by Crippen LogP contribution is 2.33. The van der Waals surface area contributed by atoms with E-state index in [0.29, 0.717) is 6.04 Å². The van der Waals surface area contributed by atoms with Crippen LogP contribution in [0.5, 0.6) is 0 Å². The molecule has 1 aromatic heterocycles. The number of hydrogen-bond acceptors (Lipinski definition) is 2. The predicted octanol–water partition coefficient (Wildman–Crippen LogP) is 1.57. The Bertz CT molecular complexity index is 288. The Labute approximate surface area is 85.3 Å². The minimum Gasteiger partial charge on any atom is -0.327 e. The van der Waals surface area contributed by atoms with Crippen LogP contribution in [0.25, 0.3) is 0 Å². The van der Waals surface area contributed by atoms with Crippen LogP contribution in [0.1, 0.15) is 31.7 Å². The summed E-state index contributed by atoms with van der Waals surface area (Å²) in [6.45, 7) is 3.04. The number of nitrogens with two attached hydrogens (primary N) is 1. The van der Waals surface area contributed by atoms with Gasteiger partial charge in [0.25, 0.3) is 0 Å². The largest absolute Gasteiger partial charge is 0.327 e. The van der Waals surface area contributed by atoms with Gasteiger partial charge >= 0.3 is 0 Å². The molecule has 1 unspecified atom stereocenters. The third-order valence-electron chi connectivity index (χ3n) is 2.84. The van der Waals surface area contributed by atoms with Crippen LogP contribution in [0, 0.1) is 5.92 Å². The highest BCUT2D eigenvalue weighted by molar-refractivity contribution is 5.06. The van der Waals surface area contributed by atoms with Crippen LogP contribution in [0.2, 0.25) is 0 Å². The molecule has 1 heterocycles. The maximum absolute atomic E-state index is 6.06. The predicted molar refractivity (Wildman–Crippen MR) is 56.9 cm³/mol. The monoisotopic (exact) mass is 193 g/mol. The van der Waals surface area contributed by atoms with Gasteiger partial charge in [0, 0.05) is 18.8 Å². The number of aryl methyl sites for hydroxylation is 1. The van der Waals surface area contributed by atoms with Crippen molar-refractivity contribution in [2.24, 2.45) is 11.7 Å². The Morgan fingerprint density at radius 3 is 3.00 bits per heavy atom. The van der Waals surface area contributed by atoms with E-state index in [1.165, 1.54) is 24.8 Å². The lowest BCUT2D eigenvalue weighted by molar-refractivity contribution is 0.566. The molecule has 1 aliphatic rings. The van der Waals surface area contributed by atoms with Crippen LogP contribution in [0.3, 0.4) is 0 Å². The molecule has 0 bridgehead atoms. The zero-order valence-corrected chi connectivity index (χ0v) is 8.82. The SMILES string of the molecule is CCn1cc(CC(N)CC2CC2)cn1. The molecule has 1 saturated carbocycles. The van der Waals surface area contributed by atoms with Gasteiger partial charge in [-0.3, -0.25) is 4.68 Å². The topological polar surface area (TPSA) is 43.8 Å². The van der Waals surface area contributed by atoms with E-state index < -0.39 is 0 Å². The van der Waals surface area contributed by atoms with Crippen molar-refractivity contribution in [1.82, 2.24) is 9.78 Å². The Morgan fingerprint density at radius 1 is 1.64 bits per heavy atom. The first-order valence-corrected chi connectivity index (χ1v) is 5.55. The van der Waals surface area contributed by atoms with Crippen molar-refractivity contribution in [1.29, 1.82) is 0 Å². The molecular formula is C11H19N3. The van der Waals surface area contributed by atoms with Crippen LogP contribution in [-0.2, 0) is 13.0 Å². The van der Waals surface area contributed by atoms with Crippen molar-refractivity contribution in [3.63, 3.8) is 0 Å². The summed E-state index contributed by atoms with van der Waals surface area (Å²) < 4.78 is 1.96. The summed E-state index contributed by atoms with van der Waals surface area (Å²) in [4.78, 5) is 0. The van der Waals surface area contributed by atoms with Gasteiger partial charge < -0.3 is 5.73 Å². The van der Waals surface area contributed by atoms with Crippen molar-refractivity contribution in [3.05, 3.63) is 18.0 Å². The highest BCUT2D eigenvalue weighted by atomic mass is 15.3. The van der Waals surface area contributed by atoms with Crippen LogP contribution in [-0.4, -0.2) is 15.8 Å². The molecule has 0 aromatic carbocycles. The minimum absolute atomic E-state index is 0.331. The normalized spacial score (nSPS) is 18.4. The van der Waals surface area contributed by atoms with Crippen LogP contribution in [0.4, 0.5) is 0 Å². The maximum Gasteiger partial charge on any atom is 0.0522 e. The summed E-state index contributed by atoms with van der Waals surface area (Å²) >= 11 is 0. The molecule has 0 aliphatic heterocycles. The maximum atomic E-state index is 6.06. The molecule has 0 saturated heterocycles. The summed E-state index contributed by atoms with van der Waals surface area (Å²) in [7, 11) is 0. The fourth-order valence-electron chi connectivity index (χ4n) is 1.85. The molecule has 2 N–H and O–H groups in total. The second-order valence-corrected chi connectivity index (χ2v) is 4.35. The Morgan fingerprint density at radius 2 is 2.43 bits per heavy atom. The average Bonchev–Trinajstić information content (AvgIpc) is 2.83. The Balaban J connectivity index is 1.82. The summed E-state index contributed by atoms with van der Waals surface area (Å²) in [5.41, 5.74) is 7.34. The van der Waals surface area contributed by atoms with Crippen molar-refractivity contribution in [2.45, 2.75) is 45.2 Å². The lowest BCUT2D eigenvalue weighted by Gasteiger charge is -2.08. The van der Waals surface area contributed by atoms with E-state index >= 15 is 0 Å². The molecule has 2 rings (SSSR count). The zero-order valence-electron chi connectivity index (χ0n) is 8.82. The van der Waals surface area contributed by atoms with Gasteiger partial charge in [0.05, 0.1) is 6.20 Å². The third kappa shape index (κ3) is 2.58. The third-order valence-corrected chi connectivity index (χ3v) is 2.84. The van der Waals surface area contributed by atoms with Crippen LogP contribution < -0.4 is 5.73 Å². The average molecular weight is 193 g/mol. The van der Waals surface area contributed by atoms with E-state index in [0.717, 1.165) is 18.9 Å². The van der Waals surface area contributed by atoms with E-state index in [2.05, 4.69) is 18.2 Å². The molecule has 0 amide bonds. The van der Waals surface area contributed by atoms with Crippen molar-refractivity contribution in [3.8, 4) is 0 Å². The van der Waals surface area contributed by atoms with Gasteiger partial charge in [-0.05, 0) is 31.2 Å². The summed E-state index contributed by atoms with van der Waals surface area (Å²) in [5.74, 6) is 0.922. The van der Waals surface area contributed by atoms with E-state index in [9.17, 15) is 0 Å². The molecule has 14 heavy (non-hydrogen) atoms. The smallest absolute Gasteiger partial charge is 0.0522 e. The molecule has 1 aliphatic carbocycles. The number of nitrogens with zero attached hydrogens (tertiary/aromatic N) is 2. The van der Waals surface area contributed by atoms with E-state index in [4.69, 9.17) is 5.73 Å². The van der Waals surface area contributed by atoms with Crippen molar-refractivity contribution < 1.29 is 0 Å². The van der Waals surface area contributed by atoms with Gasteiger partial charge in [0.15, 0.2) is 0 Å². The highest BCUT2D eigenvalue weighted by Gasteiger charge is 2.23. The zero-order chi connectivity index (χ0) is 9.97. The Kier molecular flexibility index (Phi) is 2.87. The fraction of sp³-hybridized carbons (Fsp3) is 0.727. The number of aromatic nitrogens is 2. The van der Waals surface area contributed by atoms with E-state index in [-0.39, 0.29) is 0 Å². The molecular weight excluding hydrogens is 174 g/mol. The second kappa shape index (κ2) is 4.13. The standard InChI is InChI=1S/C11H19N3/c1-2-14-8-10(7-13-14)6-11(12)5-9-3-4-9/h7-9,11H,2-6,12H2,1H3. The van der Waals surface area contributed by atoms with E-state index in [1.807, 2.05) is 10.9 Å². The molecule has 0 spiro atoms.